The van der Waals surface area contributed by atoms with Crippen LogP contribution in [0.25, 0.3) is 0 Å². The van der Waals surface area contributed by atoms with Crippen LogP contribution in [-0.4, -0.2) is 49.2 Å². The number of esters is 1. The van der Waals surface area contributed by atoms with Crippen LogP contribution in [0.2, 0.25) is 0 Å². The zero-order chi connectivity index (χ0) is 13.8. The van der Waals surface area contributed by atoms with E-state index >= 15 is 0 Å². The molecule has 0 radical (unpaired) electrons. The Bertz CT molecular complexity index is 314. The van der Waals surface area contributed by atoms with Gasteiger partial charge in [-0.2, -0.15) is 0 Å². The van der Waals surface area contributed by atoms with Crippen LogP contribution in [0, 0.1) is 0 Å². The molecule has 0 aromatic carbocycles. The maximum Gasteiger partial charge on any atom is 0.335 e. The maximum atomic E-state index is 11.2. The number of hydrogen-bond donors (Lipinski definition) is 0. The number of rotatable bonds is 6. The van der Waals surface area contributed by atoms with Crippen molar-refractivity contribution in [1.82, 2.24) is 4.90 Å². The van der Waals surface area contributed by atoms with Gasteiger partial charge in [-0.05, 0) is 27.7 Å². The molecule has 0 saturated carbocycles. The molecule has 1 saturated heterocycles. The van der Waals surface area contributed by atoms with Crippen molar-refractivity contribution >= 4 is 5.97 Å². The molecule has 18 heavy (non-hydrogen) atoms. The van der Waals surface area contributed by atoms with Gasteiger partial charge in [-0.15, -0.1) is 0 Å². The smallest absolute Gasteiger partial charge is 0.335 e. The van der Waals surface area contributed by atoms with Gasteiger partial charge in [0, 0.05) is 18.7 Å². The summed E-state index contributed by atoms with van der Waals surface area (Å²) in [5, 5.41) is 0. The van der Waals surface area contributed by atoms with Gasteiger partial charge in [0.15, 0.2) is 0 Å². The summed E-state index contributed by atoms with van der Waals surface area (Å²) < 4.78 is 16.0. The van der Waals surface area contributed by atoms with Crippen LogP contribution in [-0.2, 0) is 19.0 Å². The molecule has 104 valence electrons. The van der Waals surface area contributed by atoms with Crippen molar-refractivity contribution in [3.8, 4) is 0 Å². The quantitative estimate of drug-likeness (QED) is 0.410. The van der Waals surface area contributed by atoms with Crippen molar-refractivity contribution in [3.63, 3.8) is 0 Å². The SMILES string of the molecule is C=C(C)C(=O)OC(C)OCCN1CCOC1(C)C. The lowest BCUT2D eigenvalue weighted by molar-refractivity contribution is -0.172. The average molecular weight is 257 g/mol. The Kier molecular flexibility index (Phi) is 5.31. The van der Waals surface area contributed by atoms with Gasteiger partial charge in [0.25, 0.3) is 0 Å². The molecule has 1 heterocycles. The molecular formula is C13H23NO4. The van der Waals surface area contributed by atoms with E-state index in [9.17, 15) is 4.79 Å². The Morgan fingerprint density at radius 2 is 2.22 bits per heavy atom. The topological polar surface area (TPSA) is 48.0 Å². The van der Waals surface area contributed by atoms with E-state index in [1.54, 1.807) is 13.8 Å². The Morgan fingerprint density at radius 3 is 2.72 bits per heavy atom. The van der Waals surface area contributed by atoms with Crippen molar-refractivity contribution in [3.05, 3.63) is 12.2 Å². The molecule has 0 aliphatic carbocycles. The first-order valence-corrected chi connectivity index (χ1v) is 6.20. The van der Waals surface area contributed by atoms with Crippen LogP contribution >= 0.6 is 0 Å². The lowest BCUT2D eigenvalue weighted by Crippen LogP contribution is -2.41. The summed E-state index contributed by atoms with van der Waals surface area (Å²) in [5.41, 5.74) is 0.139. The van der Waals surface area contributed by atoms with Crippen LogP contribution in [0.15, 0.2) is 12.2 Å². The second kappa shape index (κ2) is 6.31. The third-order valence-corrected chi connectivity index (χ3v) is 2.91. The van der Waals surface area contributed by atoms with E-state index in [-0.39, 0.29) is 5.72 Å². The molecule has 0 bridgehead atoms. The lowest BCUT2D eigenvalue weighted by atomic mass is 10.3. The summed E-state index contributed by atoms with van der Waals surface area (Å²) >= 11 is 0. The van der Waals surface area contributed by atoms with Gasteiger partial charge in [0.2, 0.25) is 6.29 Å². The summed E-state index contributed by atoms with van der Waals surface area (Å²) in [7, 11) is 0. The first-order chi connectivity index (χ1) is 8.33. The predicted molar refractivity (Wildman–Crippen MR) is 67.9 cm³/mol. The predicted octanol–water partition coefficient (Wildman–Crippen LogP) is 1.54. The molecular weight excluding hydrogens is 234 g/mol. The molecule has 0 aromatic rings. The van der Waals surface area contributed by atoms with Crippen LogP contribution in [0.4, 0.5) is 0 Å². The fourth-order valence-corrected chi connectivity index (χ4v) is 1.76. The lowest BCUT2D eigenvalue weighted by Gasteiger charge is -2.29. The normalized spacial score (nSPS) is 20.7. The Hall–Kier alpha value is -0.910. The second-order valence-electron chi connectivity index (χ2n) is 4.91. The van der Waals surface area contributed by atoms with Crippen molar-refractivity contribution < 1.29 is 19.0 Å². The zero-order valence-corrected chi connectivity index (χ0v) is 11.7. The molecule has 1 unspecified atom stereocenters. The monoisotopic (exact) mass is 257 g/mol. The van der Waals surface area contributed by atoms with Gasteiger partial charge in [0.1, 0.15) is 5.72 Å². The van der Waals surface area contributed by atoms with Crippen molar-refractivity contribution in [2.75, 3.05) is 26.3 Å². The van der Waals surface area contributed by atoms with Crippen molar-refractivity contribution in [1.29, 1.82) is 0 Å². The largest absolute Gasteiger partial charge is 0.433 e. The fraction of sp³-hybridized carbons (Fsp3) is 0.769. The minimum atomic E-state index is -0.555. The van der Waals surface area contributed by atoms with Gasteiger partial charge in [-0.25, -0.2) is 4.79 Å². The Morgan fingerprint density at radius 1 is 1.56 bits per heavy atom. The molecule has 0 aromatic heterocycles. The molecule has 1 fully saturated rings. The van der Waals surface area contributed by atoms with Gasteiger partial charge in [-0.3, -0.25) is 4.90 Å². The molecule has 1 atom stereocenters. The molecule has 5 nitrogen and oxygen atoms in total. The first kappa shape index (κ1) is 15.1. The number of ether oxygens (including phenoxy) is 3. The highest BCUT2D eigenvalue weighted by molar-refractivity contribution is 5.86. The molecule has 0 amide bonds. The van der Waals surface area contributed by atoms with Crippen molar-refractivity contribution in [2.45, 2.75) is 39.7 Å². The molecule has 0 spiro atoms. The average Bonchev–Trinajstić information content (AvgIpc) is 2.58. The number of carbonyl (C=O) groups is 1. The van der Waals surface area contributed by atoms with E-state index in [2.05, 4.69) is 11.5 Å². The summed E-state index contributed by atoms with van der Waals surface area (Å²) in [6.45, 7) is 13.8. The second-order valence-corrected chi connectivity index (χ2v) is 4.91. The maximum absolute atomic E-state index is 11.2. The summed E-state index contributed by atoms with van der Waals surface area (Å²) in [4.78, 5) is 13.4. The third kappa shape index (κ3) is 4.40. The molecule has 1 rings (SSSR count). The Balaban J connectivity index is 2.21. The van der Waals surface area contributed by atoms with Gasteiger partial charge < -0.3 is 14.2 Å². The van der Waals surface area contributed by atoms with Gasteiger partial charge >= 0.3 is 5.97 Å². The summed E-state index contributed by atoms with van der Waals surface area (Å²) in [6.07, 6.45) is -0.555. The van der Waals surface area contributed by atoms with Gasteiger partial charge in [0.05, 0.1) is 13.2 Å². The summed E-state index contributed by atoms with van der Waals surface area (Å²) in [5.74, 6) is -0.424. The zero-order valence-electron chi connectivity index (χ0n) is 11.7. The molecule has 1 aliphatic heterocycles. The minimum Gasteiger partial charge on any atom is -0.433 e. The van der Waals surface area contributed by atoms with Crippen LogP contribution < -0.4 is 0 Å². The molecule has 5 heteroatoms. The highest BCUT2D eigenvalue weighted by atomic mass is 16.7. The standard InChI is InChI=1S/C13H23NO4/c1-10(2)12(15)18-11(3)16-8-6-14-7-9-17-13(14,4)5/h11H,1,6-9H2,2-5H3. The summed E-state index contributed by atoms with van der Waals surface area (Å²) in [6, 6.07) is 0. The third-order valence-electron chi connectivity index (χ3n) is 2.91. The van der Waals surface area contributed by atoms with E-state index in [1.165, 1.54) is 0 Å². The van der Waals surface area contributed by atoms with Crippen molar-refractivity contribution in [2.24, 2.45) is 0 Å². The van der Waals surface area contributed by atoms with E-state index in [4.69, 9.17) is 14.2 Å². The molecule has 1 aliphatic rings. The van der Waals surface area contributed by atoms with Crippen LogP contribution in [0.1, 0.15) is 27.7 Å². The van der Waals surface area contributed by atoms with E-state index in [0.29, 0.717) is 12.2 Å². The molecule has 0 N–H and O–H groups in total. The van der Waals surface area contributed by atoms with Crippen LogP contribution in [0.3, 0.4) is 0 Å². The minimum absolute atomic E-state index is 0.235. The van der Waals surface area contributed by atoms with E-state index in [0.717, 1.165) is 19.7 Å². The van der Waals surface area contributed by atoms with E-state index in [1.807, 2.05) is 13.8 Å². The highest BCUT2D eigenvalue weighted by Crippen LogP contribution is 2.21. The number of nitrogens with zero attached hydrogens (tertiary/aromatic N) is 1. The van der Waals surface area contributed by atoms with Gasteiger partial charge in [-0.1, -0.05) is 6.58 Å². The Labute approximate surface area is 109 Å². The fourth-order valence-electron chi connectivity index (χ4n) is 1.76. The number of hydrogen-bond acceptors (Lipinski definition) is 5. The highest BCUT2D eigenvalue weighted by Gasteiger charge is 2.32. The van der Waals surface area contributed by atoms with E-state index < -0.39 is 12.3 Å². The van der Waals surface area contributed by atoms with Crippen LogP contribution in [0.5, 0.6) is 0 Å². The first-order valence-electron chi connectivity index (χ1n) is 6.20. The number of carbonyl (C=O) groups excluding carboxylic acids is 1.